The van der Waals surface area contributed by atoms with Gasteiger partial charge >= 0.3 is 0 Å². The van der Waals surface area contributed by atoms with E-state index in [4.69, 9.17) is 11.6 Å². The Morgan fingerprint density at radius 1 is 0.967 bits per heavy atom. The summed E-state index contributed by atoms with van der Waals surface area (Å²) in [4.78, 5) is 40.6. The van der Waals surface area contributed by atoms with Crippen molar-refractivity contribution < 1.29 is 14.4 Å². The van der Waals surface area contributed by atoms with E-state index in [0.29, 0.717) is 41.3 Å². The fourth-order valence-electron chi connectivity index (χ4n) is 6.87. The molecule has 1 aromatic carbocycles. The van der Waals surface area contributed by atoms with Crippen LogP contribution in [-0.4, -0.2) is 35.2 Å². The fraction of sp³-hybridized carbons (Fsp3) is 0.609. The lowest BCUT2D eigenvalue weighted by atomic mass is 9.49. The van der Waals surface area contributed by atoms with Crippen LogP contribution in [0.5, 0.6) is 0 Å². The molecule has 4 saturated carbocycles. The monoisotopic (exact) mass is 429 g/mol. The Morgan fingerprint density at radius 3 is 2.23 bits per heavy atom. The van der Waals surface area contributed by atoms with Crippen LogP contribution in [0.2, 0.25) is 5.02 Å². The quantitative estimate of drug-likeness (QED) is 0.723. The number of halogens is 1. The van der Waals surface area contributed by atoms with Gasteiger partial charge < -0.3 is 4.90 Å². The summed E-state index contributed by atoms with van der Waals surface area (Å²) in [7, 11) is 0. The van der Waals surface area contributed by atoms with E-state index in [0.717, 1.165) is 25.7 Å². The van der Waals surface area contributed by atoms with Crippen LogP contribution >= 0.6 is 11.6 Å². The molecule has 1 saturated heterocycles. The molecule has 5 aliphatic rings. The van der Waals surface area contributed by atoms with Gasteiger partial charge in [-0.3, -0.25) is 25.2 Å². The van der Waals surface area contributed by atoms with Crippen LogP contribution in [0.15, 0.2) is 24.3 Å². The molecule has 6 nitrogen and oxygen atoms in total. The van der Waals surface area contributed by atoms with Gasteiger partial charge in [0.15, 0.2) is 0 Å². The van der Waals surface area contributed by atoms with Crippen LogP contribution in [-0.2, 0) is 9.59 Å². The number of amides is 3. The first-order chi connectivity index (χ1) is 14.4. The van der Waals surface area contributed by atoms with Gasteiger partial charge in [-0.1, -0.05) is 23.7 Å². The average molecular weight is 430 g/mol. The molecule has 30 heavy (non-hydrogen) atoms. The van der Waals surface area contributed by atoms with E-state index in [2.05, 4.69) is 10.9 Å². The molecule has 7 heteroatoms. The van der Waals surface area contributed by atoms with E-state index >= 15 is 0 Å². The summed E-state index contributed by atoms with van der Waals surface area (Å²) in [6.07, 6.45) is 8.27. The second-order valence-corrected chi connectivity index (χ2v) is 10.2. The summed E-state index contributed by atoms with van der Waals surface area (Å²) >= 11 is 6.05. The fourth-order valence-corrected chi connectivity index (χ4v) is 7.10. The number of rotatable bonds is 3. The van der Waals surface area contributed by atoms with Crippen LogP contribution in [0.3, 0.4) is 0 Å². The predicted molar refractivity (Wildman–Crippen MR) is 112 cm³/mol. The highest BCUT2D eigenvalue weighted by atomic mass is 35.5. The summed E-state index contributed by atoms with van der Waals surface area (Å²) in [5, 5.41) is 0.323. The Kier molecular flexibility index (Phi) is 5.00. The third-order valence-electron chi connectivity index (χ3n) is 7.73. The molecule has 0 spiro atoms. The van der Waals surface area contributed by atoms with Gasteiger partial charge in [-0.15, -0.1) is 0 Å². The standard InChI is InChI=1S/C23H28ClN3O3/c24-18-5-2-1-4-17(18)20(28)25-26-21(29)19-6-3-7-27(19)22(30)23-11-14-8-15(12-23)10-16(9-14)13-23/h1-2,4-5,14-16,19H,3,6-13H2,(H,25,28)(H,26,29). The molecule has 6 rings (SSSR count). The van der Waals surface area contributed by atoms with E-state index in [-0.39, 0.29) is 17.2 Å². The van der Waals surface area contributed by atoms with Crippen LogP contribution < -0.4 is 10.9 Å². The Labute approximate surface area is 181 Å². The van der Waals surface area contributed by atoms with E-state index in [1.54, 1.807) is 29.2 Å². The summed E-state index contributed by atoms with van der Waals surface area (Å²) < 4.78 is 0. The summed E-state index contributed by atoms with van der Waals surface area (Å²) in [5.74, 6) is 1.44. The number of nitrogens with zero attached hydrogens (tertiary/aromatic N) is 1. The van der Waals surface area contributed by atoms with E-state index in [9.17, 15) is 14.4 Å². The minimum Gasteiger partial charge on any atom is -0.330 e. The first kappa shape index (κ1) is 19.9. The lowest BCUT2D eigenvalue weighted by molar-refractivity contribution is -0.160. The lowest BCUT2D eigenvalue weighted by Gasteiger charge is -2.56. The number of carbonyl (C=O) groups is 3. The molecular formula is C23H28ClN3O3. The minimum absolute atomic E-state index is 0.177. The molecule has 4 aliphatic carbocycles. The van der Waals surface area contributed by atoms with Crippen LogP contribution in [0, 0.1) is 23.2 Å². The molecule has 160 valence electrons. The maximum absolute atomic E-state index is 13.7. The molecule has 0 radical (unpaired) electrons. The second-order valence-electron chi connectivity index (χ2n) is 9.78. The Morgan fingerprint density at radius 2 is 1.60 bits per heavy atom. The zero-order chi connectivity index (χ0) is 20.9. The van der Waals surface area contributed by atoms with Gasteiger partial charge in [-0.25, -0.2) is 0 Å². The highest BCUT2D eigenvalue weighted by molar-refractivity contribution is 6.33. The van der Waals surface area contributed by atoms with Gasteiger partial charge in [0, 0.05) is 6.54 Å². The molecule has 1 heterocycles. The topological polar surface area (TPSA) is 78.5 Å². The van der Waals surface area contributed by atoms with Gasteiger partial charge in [0.05, 0.1) is 16.0 Å². The van der Waals surface area contributed by atoms with Gasteiger partial charge in [0.2, 0.25) is 5.91 Å². The predicted octanol–water partition coefficient (Wildman–Crippen LogP) is 3.31. The smallest absolute Gasteiger partial charge is 0.271 e. The van der Waals surface area contributed by atoms with Gasteiger partial charge in [0.25, 0.3) is 11.8 Å². The van der Waals surface area contributed by atoms with Crippen molar-refractivity contribution >= 4 is 29.3 Å². The number of nitrogens with one attached hydrogen (secondary N) is 2. The third-order valence-corrected chi connectivity index (χ3v) is 8.06. The number of carbonyl (C=O) groups excluding carboxylic acids is 3. The Bertz CT molecular complexity index is 851. The van der Waals surface area contributed by atoms with E-state index in [1.807, 2.05) is 0 Å². The second kappa shape index (κ2) is 7.56. The summed E-state index contributed by atoms with van der Waals surface area (Å²) in [6.45, 7) is 0.622. The van der Waals surface area contributed by atoms with Crippen molar-refractivity contribution in [2.75, 3.05) is 6.54 Å². The van der Waals surface area contributed by atoms with Crippen LogP contribution in [0.1, 0.15) is 61.7 Å². The SMILES string of the molecule is O=C(NNC(=O)C1CCCN1C(=O)C12CC3CC(CC(C3)C1)C2)c1ccccc1Cl. The zero-order valence-corrected chi connectivity index (χ0v) is 17.8. The van der Waals surface area contributed by atoms with Crippen molar-refractivity contribution in [3.05, 3.63) is 34.9 Å². The Hall–Kier alpha value is -2.08. The molecular weight excluding hydrogens is 402 g/mol. The normalized spacial score (nSPS) is 34.1. The Balaban J connectivity index is 1.25. The number of hydrogen-bond donors (Lipinski definition) is 2. The average Bonchev–Trinajstić information content (AvgIpc) is 3.20. The maximum Gasteiger partial charge on any atom is 0.271 e. The van der Waals surface area contributed by atoms with E-state index < -0.39 is 11.9 Å². The van der Waals surface area contributed by atoms with Gasteiger partial charge in [-0.2, -0.15) is 0 Å². The zero-order valence-electron chi connectivity index (χ0n) is 17.0. The number of hydrazine groups is 1. The van der Waals surface area contributed by atoms with Crippen molar-refractivity contribution in [3.63, 3.8) is 0 Å². The molecule has 1 atom stereocenters. The van der Waals surface area contributed by atoms with Gasteiger partial charge in [-0.05, 0) is 81.3 Å². The largest absolute Gasteiger partial charge is 0.330 e. The first-order valence-corrected chi connectivity index (χ1v) is 11.5. The van der Waals surface area contributed by atoms with Crippen molar-refractivity contribution in [2.45, 2.75) is 57.4 Å². The molecule has 5 fully saturated rings. The van der Waals surface area contributed by atoms with Crippen molar-refractivity contribution in [1.29, 1.82) is 0 Å². The van der Waals surface area contributed by atoms with Gasteiger partial charge in [0.1, 0.15) is 6.04 Å². The summed E-state index contributed by atoms with van der Waals surface area (Å²) in [6, 6.07) is 6.16. The number of hydrogen-bond acceptors (Lipinski definition) is 3. The van der Waals surface area contributed by atoms with Crippen LogP contribution in [0.4, 0.5) is 0 Å². The number of benzene rings is 1. The maximum atomic E-state index is 13.7. The molecule has 4 bridgehead atoms. The first-order valence-electron chi connectivity index (χ1n) is 11.1. The molecule has 1 aliphatic heterocycles. The highest BCUT2D eigenvalue weighted by Gasteiger charge is 2.56. The molecule has 0 aromatic heterocycles. The molecule has 1 aromatic rings. The van der Waals surface area contributed by atoms with Crippen molar-refractivity contribution in [2.24, 2.45) is 23.2 Å². The molecule has 1 unspecified atom stereocenters. The molecule has 2 N–H and O–H groups in total. The van der Waals surface area contributed by atoms with Crippen LogP contribution in [0.25, 0.3) is 0 Å². The van der Waals surface area contributed by atoms with E-state index in [1.165, 1.54) is 19.3 Å². The van der Waals surface area contributed by atoms with Crippen molar-refractivity contribution in [1.82, 2.24) is 15.8 Å². The van der Waals surface area contributed by atoms with Crippen molar-refractivity contribution in [3.8, 4) is 0 Å². The number of likely N-dealkylation sites (tertiary alicyclic amines) is 1. The molecule has 3 amide bonds. The highest BCUT2D eigenvalue weighted by Crippen LogP contribution is 2.60. The minimum atomic E-state index is -0.517. The summed E-state index contributed by atoms with van der Waals surface area (Å²) in [5.41, 5.74) is 5.02. The lowest BCUT2D eigenvalue weighted by Crippen LogP contribution is -2.58. The third kappa shape index (κ3) is 3.39.